The van der Waals surface area contributed by atoms with Crippen molar-refractivity contribution in [3.63, 3.8) is 0 Å². The predicted octanol–water partition coefficient (Wildman–Crippen LogP) is 4.55. The summed E-state index contributed by atoms with van der Waals surface area (Å²) in [6.07, 6.45) is -4.64. The van der Waals surface area contributed by atoms with Gasteiger partial charge in [0, 0.05) is 0 Å². The first-order chi connectivity index (χ1) is 8.23. The summed E-state index contributed by atoms with van der Waals surface area (Å²) in [5.74, 6) is -1.65. The lowest BCUT2D eigenvalue weighted by Crippen LogP contribution is -2.13. The lowest BCUT2D eigenvalue weighted by atomic mass is 9.97. The number of hydrogen-bond donors (Lipinski definition) is 1. The maximum atomic E-state index is 12.6. The Hall–Kier alpha value is -1.52. The van der Waals surface area contributed by atoms with Crippen LogP contribution in [0.1, 0.15) is 55.1 Å². The number of alkyl halides is 3. The van der Waals surface area contributed by atoms with Crippen LogP contribution in [0, 0.1) is 0 Å². The molecular formula is C13H17F3O2. The number of benzene rings is 1. The van der Waals surface area contributed by atoms with Crippen LogP contribution in [0.2, 0.25) is 0 Å². The van der Waals surface area contributed by atoms with Gasteiger partial charge in [0.2, 0.25) is 0 Å². The first kappa shape index (κ1) is 16.5. The Balaban J connectivity index is 0.00000137. The van der Waals surface area contributed by atoms with E-state index in [4.69, 9.17) is 5.11 Å². The Labute approximate surface area is 104 Å². The normalized spacial score (nSPS) is 10.9. The second-order valence-electron chi connectivity index (χ2n) is 3.76. The molecule has 0 saturated carbocycles. The molecule has 0 spiro atoms. The lowest BCUT2D eigenvalue weighted by molar-refractivity contribution is -0.138. The highest BCUT2D eigenvalue weighted by Crippen LogP contribution is 2.34. The Kier molecular flexibility index (Phi) is 5.88. The maximum Gasteiger partial charge on any atom is 0.417 e. The van der Waals surface area contributed by atoms with Crippen molar-refractivity contribution in [2.75, 3.05) is 0 Å². The summed E-state index contributed by atoms with van der Waals surface area (Å²) in [7, 11) is 0. The molecule has 0 bridgehead atoms. The molecule has 2 nitrogen and oxygen atoms in total. The highest BCUT2D eigenvalue weighted by atomic mass is 19.4. The minimum absolute atomic E-state index is 0.0797. The van der Waals surface area contributed by atoms with Gasteiger partial charge in [0.05, 0.1) is 11.1 Å². The van der Waals surface area contributed by atoms with Gasteiger partial charge >= 0.3 is 12.1 Å². The maximum absolute atomic E-state index is 12.6. The average Bonchev–Trinajstić information content (AvgIpc) is 2.29. The molecule has 102 valence electrons. The zero-order valence-corrected chi connectivity index (χ0v) is 10.8. The van der Waals surface area contributed by atoms with E-state index in [2.05, 4.69) is 0 Å². The second kappa shape index (κ2) is 6.42. The van der Waals surface area contributed by atoms with E-state index >= 15 is 0 Å². The SMILES string of the molecule is CC.CC(C)c1ccc(C(=O)O)c(C(F)(F)F)c1. The van der Waals surface area contributed by atoms with Crippen molar-refractivity contribution in [3.8, 4) is 0 Å². The van der Waals surface area contributed by atoms with Crippen LogP contribution >= 0.6 is 0 Å². The van der Waals surface area contributed by atoms with Gasteiger partial charge in [0.15, 0.2) is 0 Å². The Morgan fingerprint density at radius 3 is 2.06 bits per heavy atom. The van der Waals surface area contributed by atoms with Crippen LogP contribution in [-0.2, 0) is 6.18 Å². The Morgan fingerprint density at radius 2 is 1.72 bits per heavy atom. The van der Waals surface area contributed by atoms with Crippen LogP contribution in [0.4, 0.5) is 13.2 Å². The molecule has 1 aromatic rings. The number of carboxylic acids is 1. The monoisotopic (exact) mass is 262 g/mol. The van der Waals surface area contributed by atoms with Crippen LogP contribution in [0.5, 0.6) is 0 Å². The number of rotatable bonds is 2. The predicted molar refractivity (Wildman–Crippen MR) is 63.8 cm³/mol. The van der Waals surface area contributed by atoms with Crippen molar-refractivity contribution >= 4 is 5.97 Å². The van der Waals surface area contributed by atoms with E-state index in [9.17, 15) is 18.0 Å². The molecule has 1 rings (SSSR count). The lowest BCUT2D eigenvalue weighted by Gasteiger charge is -2.13. The highest BCUT2D eigenvalue weighted by Gasteiger charge is 2.35. The molecular weight excluding hydrogens is 245 g/mol. The van der Waals surface area contributed by atoms with Gasteiger partial charge in [-0.15, -0.1) is 0 Å². The van der Waals surface area contributed by atoms with Crippen LogP contribution < -0.4 is 0 Å². The van der Waals surface area contributed by atoms with Crippen LogP contribution in [0.3, 0.4) is 0 Å². The minimum atomic E-state index is -4.64. The first-order valence-electron chi connectivity index (χ1n) is 5.68. The zero-order valence-electron chi connectivity index (χ0n) is 10.8. The molecule has 0 amide bonds. The summed E-state index contributed by atoms with van der Waals surface area (Å²) in [6, 6.07) is 3.30. The van der Waals surface area contributed by atoms with E-state index < -0.39 is 23.3 Å². The molecule has 0 atom stereocenters. The molecule has 0 aromatic heterocycles. The van der Waals surface area contributed by atoms with E-state index in [1.54, 1.807) is 13.8 Å². The van der Waals surface area contributed by atoms with Crippen molar-refractivity contribution in [1.29, 1.82) is 0 Å². The number of halogens is 3. The third-order valence-corrected chi connectivity index (χ3v) is 2.25. The van der Waals surface area contributed by atoms with Gasteiger partial charge in [0.25, 0.3) is 0 Å². The highest BCUT2D eigenvalue weighted by molar-refractivity contribution is 5.89. The number of carboxylic acid groups (broad SMARTS) is 1. The fraction of sp³-hybridized carbons (Fsp3) is 0.462. The van der Waals surface area contributed by atoms with Gasteiger partial charge in [-0.05, 0) is 23.6 Å². The first-order valence-corrected chi connectivity index (χ1v) is 5.68. The van der Waals surface area contributed by atoms with Crippen LogP contribution in [-0.4, -0.2) is 11.1 Å². The summed E-state index contributed by atoms with van der Waals surface area (Å²) in [5.41, 5.74) is -1.33. The third-order valence-electron chi connectivity index (χ3n) is 2.25. The Bertz CT molecular complexity index is 409. The summed E-state index contributed by atoms with van der Waals surface area (Å²) >= 11 is 0. The molecule has 0 aliphatic rings. The third kappa shape index (κ3) is 4.05. The number of aromatic carboxylic acids is 1. The van der Waals surface area contributed by atoms with E-state index in [1.165, 1.54) is 6.07 Å². The molecule has 1 aromatic carbocycles. The molecule has 0 fully saturated rings. The number of carbonyl (C=O) groups is 1. The zero-order chi connectivity index (χ0) is 14.5. The van der Waals surface area contributed by atoms with Gasteiger partial charge in [-0.2, -0.15) is 13.2 Å². The standard InChI is InChI=1S/C11H11F3O2.C2H6/c1-6(2)7-3-4-8(10(15)16)9(5-7)11(12,13)14;1-2/h3-6H,1-2H3,(H,15,16);1-2H3. The molecule has 0 aliphatic heterocycles. The van der Waals surface area contributed by atoms with Crippen LogP contribution in [0.25, 0.3) is 0 Å². The fourth-order valence-electron chi connectivity index (χ4n) is 1.34. The quantitative estimate of drug-likeness (QED) is 0.848. The molecule has 5 heteroatoms. The molecule has 0 heterocycles. The number of hydrogen-bond acceptors (Lipinski definition) is 1. The van der Waals surface area contributed by atoms with Crippen molar-refractivity contribution in [1.82, 2.24) is 0 Å². The summed E-state index contributed by atoms with van der Waals surface area (Å²) < 4.78 is 37.8. The van der Waals surface area contributed by atoms with Crippen molar-refractivity contribution in [2.24, 2.45) is 0 Å². The molecule has 18 heavy (non-hydrogen) atoms. The summed E-state index contributed by atoms with van der Waals surface area (Å²) in [5, 5.41) is 8.66. The van der Waals surface area contributed by atoms with Crippen molar-refractivity contribution in [3.05, 3.63) is 34.9 Å². The molecule has 0 saturated heterocycles. The molecule has 0 unspecified atom stereocenters. The largest absolute Gasteiger partial charge is 0.478 e. The Morgan fingerprint density at radius 1 is 1.22 bits per heavy atom. The molecule has 1 N–H and O–H groups in total. The average molecular weight is 262 g/mol. The second-order valence-corrected chi connectivity index (χ2v) is 3.76. The van der Waals surface area contributed by atoms with E-state index in [-0.39, 0.29) is 5.92 Å². The van der Waals surface area contributed by atoms with Gasteiger partial charge in [0.1, 0.15) is 0 Å². The molecule has 0 radical (unpaired) electrons. The van der Waals surface area contributed by atoms with Crippen molar-refractivity contribution in [2.45, 2.75) is 39.8 Å². The smallest absolute Gasteiger partial charge is 0.417 e. The topological polar surface area (TPSA) is 37.3 Å². The van der Waals surface area contributed by atoms with E-state index in [0.717, 1.165) is 12.1 Å². The van der Waals surface area contributed by atoms with Gasteiger partial charge in [-0.25, -0.2) is 4.79 Å². The van der Waals surface area contributed by atoms with Gasteiger partial charge in [-0.1, -0.05) is 33.8 Å². The summed E-state index contributed by atoms with van der Waals surface area (Å²) in [6.45, 7) is 7.49. The van der Waals surface area contributed by atoms with Gasteiger partial charge in [-0.3, -0.25) is 0 Å². The van der Waals surface area contributed by atoms with E-state index in [0.29, 0.717) is 5.56 Å². The fourth-order valence-corrected chi connectivity index (χ4v) is 1.34. The summed E-state index contributed by atoms with van der Waals surface area (Å²) in [4.78, 5) is 10.6. The van der Waals surface area contributed by atoms with Crippen LogP contribution in [0.15, 0.2) is 18.2 Å². The molecule has 0 aliphatic carbocycles. The minimum Gasteiger partial charge on any atom is -0.478 e. The van der Waals surface area contributed by atoms with E-state index in [1.807, 2.05) is 13.8 Å². The van der Waals surface area contributed by atoms with Gasteiger partial charge < -0.3 is 5.11 Å². The van der Waals surface area contributed by atoms with Crippen molar-refractivity contribution < 1.29 is 23.1 Å².